The first kappa shape index (κ1) is 22.3. The summed E-state index contributed by atoms with van der Waals surface area (Å²) in [5.41, 5.74) is 2.56. The molecule has 0 saturated carbocycles. The highest BCUT2D eigenvalue weighted by Crippen LogP contribution is 2.43. The summed E-state index contributed by atoms with van der Waals surface area (Å²) in [7, 11) is 0. The largest absolute Gasteiger partial charge is 0.484 e. The Labute approximate surface area is 194 Å². The zero-order valence-electron chi connectivity index (χ0n) is 17.8. The molecule has 4 rings (SSSR count). The Morgan fingerprint density at radius 3 is 2.39 bits per heavy atom. The molecule has 2 aliphatic rings. The van der Waals surface area contributed by atoms with Crippen LogP contribution in [0.15, 0.2) is 60.7 Å². The van der Waals surface area contributed by atoms with Crippen molar-refractivity contribution in [2.75, 3.05) is 50.8 Å². The monoisotopic (exact) mass is 454 g/mol. The molecule has 0 atom stereocenters. The number of benzene rings is 2. The first-order valence-corrected chi connectivity index (χ1v) is 13.1. The van der Waals surface area contributed by atoms with E-state index in [9.17, 15) is 4.79 Å². The van der Waals surface area contributed by atoms with Gasteiger partial charge >= 0.3 is 0 Å². The van der Waals surface area contributed by atoms with E-state index in [1.54, 1.807) is 0 Å². The van der Waals surface area contributed by atoms with Crippen molar-refractivity contribution in [2.45, 2.75) is 11.0 Å². The molecule has 0 N–H and O–H groups in total. The summed E-state index contributed by atoms with van der Waals surface area (Å²) >= 11 is 4.03. The smallest absolute Gasteiger partial charge is 0.260 e. The van der Waals surface area contributed by atoms with Gasteiger partial charge in [-0.1, -0.05) is 54.6 Å². The molecule has 164 valence electrons. The van der Waals surface area contributed by atoms with E-state index in [1.807, 2.05) is 46.6 Å². The van der Waals surface area contributed by atoms with Gasteiger partial charge in [-0.15, -0.1) is 23.5 Å². The van der Waals surface area contributed by atoms with Gasteiger partial charge in [-0.2, -0.15) is 0 Å². The fourth-order valence-corrected chi connectivity index (χ4v) is 6.61. The highest BCUT2D eigenvalue weighted by Gasteiger charge is 2.21. The molecule has 0 radical (unpaired) electrons. The Bertz CT molecular complexity index is 844. The summed E-state index contributed by atoms with van der Waals surface area (Å²) < 4.78 is 6.31. The van der Waals surface area contributed by atoms with E-state index in [4.69, 9.17) is 4.74 Å². The molecule has 0 spiro atoms. The zero-order valence-corrected chi connectivity index (χ0v) is 19.5. The number of rotatable bonds is 7. The molecule has 2 fully saturated rings. The van der Waals surface area contributed by atoms with Crippen molar-refractivity contribution in [3.05, 3.63) is 71.8 Å². The van der Waals surface area contributed by atoms with Crippen LogP contribution in [0.2, 0.25) is 0 Å². The third kappa shape index (κ3) is 6.79. The minimum Gasteiger partial charge on any atom is -0.484 e. The fraction of sp³-hybridized carbons (Fsp3) is 0.400. The molecular weight excluding hydrogens is 424 g/mol. The Morgan fingerprint density at radius 1 is 0.968 bits per heavy atom. The lowest BCUT2D eigenvalue weighted by molar-refractivity contribution is -0.135. The molecule has 2 aliphatic heterocycles. The van der Waals surface area contributed by atoms with Crippen LogP contribution < -0.4 is 4.74 Å². The summed E-state index contributed by atoms with van der Waals surface area (Å²) in [6.07, 6.45) is 5.65. The van der Waals surface area contributed by atoms with Crippen molar-refractivity contribution in [3.63, 3.8) is 0 Å². The van der Waals surface area contributed by atoms with Crippen molar-refractivity contribution in [2.24, 2.45) is 0 Å². The number of hydrogen-bond acceptors (Lipinski definition) is 5. The van der Waals surface area contributed by atoms with Gasteiger partial charge in [-0.05, 0) is 41.2 Å². The summed E-state index contributed by atoms with van der Waals surface area (Å²) in [4.78, 5) is 16.8. The van der Waals surface area contributed by atoms with Crippen LogP contribution in [-0.2, 0) is 4.79 Å². The lowest BCUT2D eigenvalue weighted by atomic mass is 10.2. The lowest BCUT2D eigenvalue weighted by Gasteiger charge is -2.34. The number of nitrogens with zero attached hydrogens (tertiary/aromatic N) is 2. The molecule has 0 aliphatic carbocycles. The third-order valence-electron chi connectivity index (χ3n) is 5.54. The van der Waals surface area contributed by atoms with Gasteiger partial charge in [0, 0.05) is 32.7 Å². The third-order valence-corrected chi connectivity index (χ3v) is 8.56. The Kier molecular flexibility index (Phi) is 8.38. The minimum absolute atomic E-state index is 0.0712. The molecule has 0 unspecified atom stereocenters. The van der Waals surface area contributed by atoms with Crippen LogP contribution in [0.25, 0.3) is 6.08 Å². The van der Waals surface area contributed by atoms with Crippen LogP contribution in [0, 0.1) is 0 Å². The van der Waals surface area contributed by atoms with Gasteiger partial charge in [0.2, 0.25) is 0 Å². The van der Waals surface area contributed by atoms with Gasteiger partial charge in [0.15, 0.2) is 6.61 Å². The lowest BCUT2D eigenvalue weighted by Crippen LogP contribution is -2.49. The standard InChI is InChI=1S/C25H30N2O2S2/c28-24(20-29-23-11-9-22(10-12-23)25-30-18-5-19-31-25)27-16-14-26(15-17-27)13-4-8-21-6-2-1-3-7-21/h1-4,6-12,25H,5,13-20H2/b8-4+. The maximum absolute atomic E-state index is 12.6. The van der Waals surface area contributed by atoms with Crippen molar-refractivity contribution < 1.29 is 9.53 Å². The van der Waals surface area contributed by atoms with Crippen LogP contribution in [0.4, 0.5) is 0 Å². The van der Waals surface area contributed by atoms with E-state index < -0.39 is 0 Å². The van der Waals surface area contributed by atoms with E-state index in [1.165, 1.54) is 29.1 Å². The van der Waals surface area contributed by atoms with E-state index >= 15 is 0 Å². The summed E-state index contributed by atoms with van der Waals surface area (Å²) in [5.74, 6) is 3.32. The molecule has 1 amide bonds. The minimum atomic E-state index is 0.0712. The predicted octanol–water partition coefficient (Wildman–Crippen LogP) is 4.79. The number of hydrogen-bond donors (Lipinski definition) is 0. The quantitative estimate of drug-likeness (QED) is 0.601. The van der Waals surface area contributed by atoms with Crippen molar-refractivity contribution in [3.8, 4) is 5.75 Å². The van der Waals surface area contributed by atoms with E-state index in [0.29, 0.717) is 4.58 Å². The summed E-state index contributed by atoms with van der Waals surface area (Å²) in [6, 6.07) is 18.6. The fourth-order valence-electron chi connectivity index (χ4n) is 3.72. The molecule has 2 heterocycles. The normalized spacial score (nSPS) is 18.4. The van der Waals surface area contributed by atoms with Gasteiger partial charge in [0.05, 0.1) is 4.58 Å². The Balaban J connectivity index is 1.16. The molecule has 2 aromatic carbocycles. The van der Waals surface area contributed by atoms with Gasteiger partial charge < -0.3 is 9.64 Å². The number of piperazine rings is 1. The highest BCUT2D eigenvalue weighted by atomic mass is 32.2. The highest BCUT2D eigenvalue weighted by molar-refractivity contribution is 8.16. The maximum atomic E-state index is 12.6. The van der Waals surface area contributed by atoms with Crippen LogP contribution in [-0.4, -0.2) is 66.5 Å². The molecular formula is C25H30N2O2S2. The number of thioether (sulfide) groups is 2. The van der Waals surface area contributed by atoms with Crippen molar-refractivity contribution in [1.29, 1.82) is 0 Å². The van der Waals surface area contributed by atoms with Gasteiger partial charge in [0.1, 0.15) is 5.75 Å². The first-order chi connectivity index (χ1) is 15.3. The van der Waals surface area contributed by atoms with Gasteiger partial charge in [-0.25, -0.2) is 0 Å². The van der Waals surface area contributed by atoms with Gasteiger partial charge in [0.25, 0.3) is 5.91 Å². The number of amides is 1. The van der Waals surface area contributed by atoms with Crippen LogP contribution in [0.5, 0.6) is 5.75 Å². The SMILES string of the molecule is O=C(COc1ccc(C2SCCCS2)cc1)N1CCN(C/C=C/c2ccccc2)CC1. The average molecular weight is 455 g/mol. The van der Waals surface area contributed by atoms with E-state index in [2.05, 4.69) is 53.5 Å². The molecule has 31 heavy (non-hydrogen) atoms. The predicted molar refractivity (Wildman–Crippen MR) is 133 cm³/mol. The maximum Gasteiger partial charge on any atom is 0.260 e. The average Bonchev–Trinajstić information content (AvgIpc) is 2.84. The number of ether oxygens (including phenoxy) is 1. The Morgan fingerprint density at radius 2 is 1.68 bits per heavy atom. The molecule has 6 heteroatoms. The molecule has 0 aromatic heterocycles. The number of carbonyl (C=O) groups is 1. The van der Waals surface area contributed by atoms with E-state index in [-0.39, 0.29) is 12.5 Å². The second-order valence-corrected chi connectivity index (χ2v) is 10.5. The van der Waals surface area contributed by atoms with Crippen LogP contribution in [0.1, 0.15) is 22.1 Å². The topological polar surface area (TPSA) is 32.8 Å². The van der Waals surface area contributed by atoms with Crippen LogP contribution in [0.3, 0.4) is 0 Å². The van der Waals surface area contributed by atoms with Crippen molar-refractivity contribution >= 4 is 35.5 Å². The van der Waals surface area contributed by atoms with Crippen LogP contribution >= 0.6 is 23.5 Å². The molecule has 0 bridgehead atoms. The summed E-state index contributed by atoms with van der Waals surface area (Å²) in [5, 5.41) is 0. The van der Waals surface area contributed by atoms with Gasteiger partial charge in [-0.3, -0.25) is 9.69 Å². The zero-order chi connectivity index (χ0) is 21.3. The summed E-state index contributed by atoms with van der Waals surface area (Å²) in [6.45, 7) is 4.34. The van der Waals surface area contributed by atoms with Crippen molar-refractivity contribution in [1.82, 2.24) is 9.80 Å². The first-order valence-electron chi connectivity index (χ1n) is 11.0. The molecule has 4 nitrogen and oxygen atoms in total. The second-order valence-electron chi connectivity index (χ2n) is 7.78. The molecule has 2 aromatic rings. The number of carbonyl (C=O) groups excluding carboxylic acids is 1. The Hall–Kier alpha value is -1.89. The second kappa shape index (κ2) is 11.7. The van der Waals surface area contributed by atoms with E-state index in [0.717, 1.165) is 38.5 Å². The molecule has 2 saturated heterocycles.